The van der Waals surface area contributed by atoms with Gasteiger partial charge in [0.15, 0.2) is 0 Å². The Balaban J connectivity index is 2.83. The van der Waals surface area contributed by atoms with Gasteiger partial charge in [0.1, 0.15) is 0 Å². The van der Waals surface area contributed by atoms with Crippen LogP contribution in [0.1, 0.15) is 31.4 Å². The Morgan fingerprint density at radius 2 is 2.12 bits per heavy atom. The van der Waals surface area contributed by atoms with Crippen LogP contribution in [-0.4, -0.2) is 25.8 Å². The van der Waals surface area contributed by atoms with Crippen molar-refractivity contribution in [3.05, 3.63) is 35.4 Å². The Hall–Kier alpha value is -0.860. The lowest BCUT2D eigenvalue weighted by molar-refractivity contribution is -0.0268. The van der Waals surface area contributed by atoms with Crippen LogP contribution in [0.2, 0.25) is 0 Å². The van der Waals surface area contributed by atoms with E-state index in [-0.39, 0.29) is 5.60 Å². The average Bonchev–Trinajstić information content (AvgIpc) is 2.35. The van der Waals surface area contributed by atoms with Crippen LogP contribution in [-0.2, 0) is 11.2 Å². The van der Waals surface area contributed by atoms with Gasteiger partial charge in [-0.15, -0.1) is 0 Å². The second kappa shape index (κ2) is 6.18. The molecular weight excluding hydrogens is 210 g/mol. The molecule has 0 amide bonds. The molecule has 1 aromatic carbocycles. The fourth-order valence-electron chi connectivity index (χ4n) is 2.23. The highest BCUT2D eigenvalue weighted by molar-refractivity contribution is 5.23. The monoisotopic (exact) mass is 235 g/mol. The molecule has 0 fully saturated rings. The minimum absolute atomic E-state index is 0.113. The number of benzene rings is 1. The first-order valence-corrected chi connectivity index (χ1v) is 6.33. The summed E-state index contributed by atoms with van der Waals surface area (Å²) in [5.74, 6) is 0. The molecule has 0 spiro atoms. The Kier molecular flexibility index (Phi) is 5.16. The zero-order valence-electron chi connectivity index (χ0n) is 11.7. The molecule has 1 aromatic rings. The van der Waals surface area contributed by atoms with Crippen LogP contribution in [0.3, 0.4) is 0 Å². The maximum absolute atomic E-state index is 5.68. The van der Waals surface area contributed by atoms with Gasteiger partial charge in [-0.3, -0.25) is 0 Å². The van der Waals surface area contributed by atoms with Crippen LogP contribution in [0.5, 0.6) is 0 Å². The second-order valence-corrected chi connectivity index (χ2v) is 4.90. The van der Waals surface area contributed by atoms with Crippen LogP contribution in [0, 0.1) is 6.92 Å². The fourth-order valence-corrected chi connectivity index (χ4v) is 2.23. The standard InChI is InChI=1S/C15H25NO/c1-6-15(3,17-5)14(16-4)11-13-9-7-8-12(2)10-13/h7-10,14,16H,6,11H2,1-5H3. The zero-order valence-corrected chi connectivity index (χ0v) is 11.7. The lowest BCUT2D eigenvalue weighted by atomic mass is 9.88. The van der Waals surface area contributed by atoms with Crippen molar-refractivity contribution in [1.82, 2.24) is 5.32 Å². The Morgan fingerprint density at radius 1 is 1.41 bits per heavy atom. The highest BCUT2D eigenvalue weighted by Crippen LogP contribution is 2.22. The number of likely N-dealkylation sites (N-methyl/N-ethyl adjacent to an activating group) is 1. The summed E-state index contributed by atoms with van der Waals surface area (Å²) < 4.78 is 5.68. The van der Waals surface area contributed by atoms with E-state index in [9.17, 15) is 0 Å². The van der Waals surface area contributed by atoms with E-state index in [0.29, 0.717) is 6.04 Å². The molecule has 2 heteroatoms. The number of hydrogen-bond acceptors (Lipinski definition) is 2. The largest absolute Gasteiger partial charge is 0.377 e. The molecule has 0 saturated heterocycles. The smallest absolute Gasteiger partial charge is 0.0803 e. The van der Waals surface area contributed by atoms with Gasteiger partial charge in [0.05, 0.1) is 5.60 Å². The van der Waals surface area contributed by atoms with Gasteiger partial charge in [-0.05, 0) is 39.3 Å². The number of aryl methyl sites for hydroxylation is 1. The van der Waals surface area contributed by atoms with E-state index in [0.717, 1.165) is 12.8 Å². The predicted octanol–water partition coefficient (Wildman–Crippen LogP) is 2.94. The third kappa shape index (κ3) is 3.55. The van der Waals surface area contributed by atoms with Gasteiger partial charge in [0.2, 0.25) is 0 Å². The Bertz CT molecular complexity index is 345. The van der Waals surface area contributed by atoms with Crippen molar-refractivity contribution in [2.75, 3.05) is 14.2 Å². The van der Waals surface area contributed by atoms with Crippen LogP contribution in [0.15, 0.2) is 24.3 Å². The van der Waals surface area contributed by atoms with Crippen LogP contribution in [0.4, 0.5) is 0 Å². The SMILES string of the molecule is CCC(C)(OC)C(Cc1cccc(C)c1)NC. The highest BCUT2D eigenvalue weighted by Gasteiger charge is 2.31. The molecule has 0 aromatic heterocycles. The molecule has 1 N–H and O–H groups in total. The van der Waals surface area contributed by atoms with E-state index >= 15 is 0 Å². The molecule has 2 atom stereocenters. The van der Waals surface area contributed by atoms with Crippen LogP contribution >= 0.6 is 0 Å². The fraction of sp³-hybridized carbons (Fsp3) is 0.600. The summed E-state index contributed by atoms with van der Waals surface area (Å²) in [5, 5.41) is 3.39. The summed E-state index contributed by atoms with van der Waals surface area (Å²) >= 11 is 0. The van der Waals surface area contributed by atoms with Crippen molar-refractivity contribution in [3.8, 4) is 0 Å². The number of hydrogen-bond donors (Lipinski definition) is 1. The quantitative estimate of drug-likeness (QED) is 0.818. The zero-order chi connectivity index (χ0) is 12.9. The third-order valence-corrected chi connectivity index (χ3v) is 3.78. The highest BCUT2D eigenvalue weighted by atomic mass is 16.5. The topological polar surface area (TPSA) is 21.3 Å². The van der Waals surface area contributed by atoms with E-state index in [1.54, 1.807) is 7.11 Å². The predicted molar refractivity (Wildman–Crippen MR) is 73.4 cm³/mol. The first-order chi connectivity index (χ1) is 8.05. The second-order valence-electron chi connectivity index (χ2n) is 4.90. The van der Waals surface area contributed by atoms with Gasteiger partial charge in [-0.2, -0.15) is 0 Å². The lowest BCUT2D eigenvalue weighted by Gasteiger charge is -2.35. The normalized spacial score (nSPS) is 16.5. The number of rotatable bonds is 6. The van der Waals surface area contributed by atoms with Crippen molar-refractivity contribution in [2.24, 2.45) is 0 Å². The van der Waals surface area contributed by atoms with E-state index < -0.39 is 0 Å². The lowest BCUT2D eigenvalue weighted by Crippen LogP contribution is -2.49. The summed E-state index contributed by atoms with van der Waals surface area (Å²) in [7, 11) is 3.80. The van der Waals surface area contributed by atoms with E-state index in [1.165, 1.54) is 11.1 Å². The van der Waals surface area contributed by atoms with Crippen molar-refractivity contribution in [3.63, 3.8) is 0 Å². The molecule has 0 aliphatic carbocycles. The van der Waals surface area contributed by atoms with Gasteiger partial charge in [0.25, 0.3) is 0 Å². The number of methoxy groups -OCH3 is 1. The van der Waals surface area contributed by atoms with Gasteiger partial charge >= 0.3 is 0 Å². The summed E-state index contributed by atoms with van der Waals surface area (Å²) in [6.45, 7) is 6.47. The number of nitrogens with one attached hydrogen (secondary N) is 1. The minimum atomic E-state index is -0.113. The molecule has 0 aliphatic rings. The number of ether oxygens (including phenoxy) is 1. The van der Waals surface area contributed by atoms with Crippen molar-refractivity contribution < 1.29 is 4.74 Å². The van der Waals surface area contributed by atoms with Gasteiger partial charge < -0.3 is 10.1 Å². The van der Waals surface area contributed by atoms with Gasteiger partial charge in [-0.1, -0.05) is 36.8 Å². The summed E-state index contributed by atoms with van der Waals surface area (Å²) in [6, 6.07) is 9.01. The summed E-state index contributed by atoms with van der Waals surface area (Å²) in [6.07, 6.45) is 2.00. The van der Waals surface area contributed by atoms with E-state index in [4.69, 9.17) is 4.74 Å². The molecule has 17 heavy (non-hydrogen) atoms. The molecular formula is C15H25NO. The molecule has 0 radical (unpaired) electrons. The Morgan fingerprint density at radius 3 is 2.59 bits per heavy atom. The molecule has 1 rings (SSSR count). The molecule has 96 valence electrons. The maximum atomic E-state index is 5.68. The molecule has 0 aliphatic heterocycles. The van der Waals surface area contributed by atoms with Gasteiger partial charge in [-0.25, -0.2) is 0 Å². The maximum Gasteiger partial charge on any atom is 0.0803 e. The van der Waals surface area contributed by atoms with Crippen molar-refractivity contribution >= 4 is 0 Å². The van der Waals surface area contributed by atoms with Gasteiger partial charge in [0, 0.05) is 13.2 Å². The summed E-state index contributed by atoms with van der Waals surface area (Å²) in [5.41, 5.74) is 2.56. The summed E-state index contributed by atoms with van der Waals surface area (Å²) in [4.78, 5) is 0. The average molecular weight is 235 g/mol. The van der Waals surface area contributed by atoms with E-state index in [1.807, 2.05) is 7.05 Å². The third-order valence-electron chi connectivity index (χ3n) is 3.78. The molecule has 0 saturated carbocycles. The van der Waals surface area contributed by atoms with Crippen molar-refractivity contribution in [1.29, 1.82) is 0 Å². The minimum Gasteiger partial charge on any atom is -0.377 e. The molecule has 0 bridgehead atoms. The molecule has 0 heterocycles. The Labute approximate surface area is 105 Å². The first-order valence-electron chi connectivity index (χ1n) is 6.33. The first kappa shape index (κ1) is 14.2. The van der Waals surface area contributed by atoms with Crippen LogP contribution in [0.25, 0.3) is 0 Å². The molecule has 2 nitrogen and oxygen atoms in total. The van der Waals surface area contributed by atoms with Crippen LogP contribution < -0.4 is 5.32 Å². The van der Waals surface area contributed by atoms with E-state index in [2.05, 4.69) is 50.4 Å². The van der Waals surface area contributed by atoms with Crippen molar-refractivity contribution in [2.45, 2.75) is 45.3 Å². The molecule has 2 unspecified atom stereocenters.